The van der Waals surface area contributed by atoms with Gasteiger partial charge in [0.25, 0.3) is 0 Å². The Kier molecular flexibility index (Phi) is 4.15. The van der Waals surface area contributed by atoms with Crippen molar-refractivity contribution in [2.75, 3.05) is 33.3 Å². The number of rotatable bonds is 3. The summed E-state index contributed by atoms with van der Waals surface area (Å²) in [5, 5.41) is 3.42. The van der Waals surface area contributed by atoms with E-state index < -0.39 is 0 Å². The summed E-state index contributed by atoms with van der Waals surface area (Å²) in [5.41, 5.74) is 1.45. The fraction of sp³-hybridized carbons (Fsp3) is 0.588. The molecule has 1 amide bonds. The molecule has 1 aromatic carbocycles. The maximum absolute atomic E-state index is 12.5. The van der Waals surface area contributed by atoms with E-state index in [-0.39, 0.29) is 5.91 Å². The van der Waals surface area contributed by atoms with Crippen LogP contribution in [0.15, 0.2) is 24.3 Å². The Morgan fingerprint density at radius 3 is 2.62 bits per heavy atom. The van der Waals surface area contributed by atoms with Gasteiger partial charge in [0.1, 0.15) is 5.75 Å². The van der Waals surface area contributed by atoms with Crippen molar-refractivity contribution in [3.63, 3.8) is 0 Å². The summed E-state index contributed by atoms with van der Waals surface area (Å²) >= 11 is 0. The molecule has 4 nitrogen and oxygen atoms in total. The van der Waals surface area contributed by atoms with E-state index in [1.165, 1.54) is 19.3 Å². The van der Waals surface area contributed by atoms with Gasteiger partial charge >= 0.3 is 0 Å². The lowest BCUT2D eigenvalue weighted by Gasteiger charge is -2.33. The van der Waals surface area contributed by atoms with E-state index in [0.29, 0.717) is 11.8 Å². The van der Waals surface area contributed by atoms with Crippen LogP contribution in [0.2, 0.25) is 0 Å². The summed E-state index contributed by atoms with van der Waals surface area (Å²) in [6, 6.07) is 7.79. The molecule has 0 radical (unpaired) electrons. The second-order valence-corrected chi connectivity index (χ2v) is 6.34. The first-order valence-corrected chi connectivity index (χ1v) is 7.82. The summed E-state index contributed by atoms with van der Waals surface area (Å²) in [4.78, 5) is 14.5. The molecule has 2 saturated heterocycles. The number of hydrogen-bond acceptors (Lipinski definition) is 3. The molecule has 21 heavy (non-hydrogen) atoms. The molecule has 2 aliphatic heterocycles. The number of carbonyl (C=O) groups is 1. The van der Waals surface area contributed by atoms with Gasteiger partial charge in [0.2, 0.25) is 5.91 Å². The van der Waals surface area contributed by atoms with E-state index in [0.717, 1.165) is 37.5 Å². The van der Waals surface area contributed by atoms with Crippen LogP contribution in [0.5, 0.6) is 5.75 Å². The first kappa shape index (κ1) is 14.4. The summed E-state index contributed by atoms with van der Waals surface area (Å²) in [6.07, 6.45) is 4.08. The summed E-state index contributed by atoms with van der Waals surface area (Å²) < 4.78 is 5.15. The van der Waals surface area contributed by atoms with E-state index in [1.807, 2.05) is 24.3 Å². The van der Waals surface area contributed by atoms with Crippen molar-refractivity contribution in [3.05, 3.63) is 29.8 Å². The number of nitrogens with zero attached hydrogens (tertiary/aromatic N) is 1. The highest BCUT2D eigenvalue weighted by atomic mass is 16.5. The molecule has 2 aliphatic rings. The Balaban J connectivity index is 1.58. The highest BCUT2D eigenvalue weighted by Crippen LogP contribution is 2.38. The minimum atomic E-state index is 0.260. The topological polar surface area (TPSA) is 41.6 Å². The number of piperidine rings is 1. The fourth-order valence-electron chi connectivity index (χ4n) is 3.54. The van der Waals surface area contributed by atoms with Gasteiger partial charge in [0.05, 0.1) is 13.5 Å². The molecule has 0 bridgehead atoms. The molecule has 3 rings (SSSR count). The van der Waals surface area contributed by atoms with Gasteiger partial charge in [-0.2, -0.15) is 0 Å². The Morgan fingerprint density at radius 1 is 1.24 bits per heavy atom. The number of amides is 1. The van der Waals surface area contributed by atoms with Crippen molar-refractivity contribution in [2.45, 2.75) is 25.7 Å². The van der Waals surface area contributed by atoms with Crippen LogP contribution in [0, 0.1) is 5.41 Å². The Labute approximate surface area is 126 Å². The SMILES string of the molecule is COc1ccc(CC(=O)N2CCC3(CCNCC3)C2)cc1. The average Bonchev–Trinajstić information content (AvgIpc) is 2.92. The third-order valence-corrected chi connectivity index (χ3v) is 4.97. The molecule has 4 heteroatoms. The van der Waals surface area contributed by atoms with E-state index in [4.69, 9.17) is 4.74 Å². The standard InChI is InChI=1S/C17H24N2O2/c1-21-15-4-2-14(3-5-15)12-16(20)19-11-8-17(13-19)6-9-18-10-7-17/h2-5,18H,6-13H2,1H3. The minimum absolute atomic E-state index is 0.260. The van der Waals surface area contributed by atoms with Crippen molar-refractivity contribution < 1.29 is 9.53 Å². The maximum atomic E-state index is 12.5. The Morgan fingerprint density at radius 2 is 1.95 bits per heavy atom. The number of benzene rings is 1. The van der Waals surface area contributed by atoms with Crippen molar-refractivity contribution in [3.8, 4) is 5.75 Å². The zero-order chi connectivity index (χ0) is 14.7. The third-order valence-electron chi connectivity index (χ3n) is 4.97. The molecular formula is C17H24N2O2. The number of likely N-dealkylation sites (tertiary alicyclic amines) is 1. The highest BCUT2D eigenvalue weighted by Gasteiger charge is 2.40. The van der Waals surface area contributed by atoms with Crippen LogP contribution in [-0.2, 0) is 11.2 Å². The lowest BCUT2D eigenvalue weighted by molar-refractivity contribution is -0.129. The molecule has 0 unspecified atom stereocenters. The molecule has 1 N–H and O–H groups in total. The zero-order valence-electron chi connectivity index (χ0n) is 12.7. The quantitative estimate of drug-likeness (QED) is 0.923. The predicted molar refractivity (Wildman–Crippen MR) is 82.4 cm³/mol. The highest BCUT2D eigenvalue weighted by molar-refractivity contribution is 5.79. The Hall–Kier alpha value is -1.55. The van der Waals surface area contributed by atoms with Crippen molar-refractivity contribution in [1.82, 2.24) is 10.2 Å². The van der Waals surface area contributed by atoms with Gasteiger partial charge in [-0.15, -0.1) is 0 Å². The third kappa shape index (κ3) is 3.21. The number of ether oxygens (including phenoxy) is 1. The fourth-order valence-corrected chi connectivity index (χ4v) is 3.54. The molecular weight excluding hydrogens is 264 g/mol. The van der Waals surface area contributed by atoms with Gasteiger partial charge in [-0.1, -0.05) is 12.1 Å². The van der Waals surface area contributed by atoms with Crippen LogP contribution < -0.4 is 10.1 Å². The molecule has 0 saturated carbocycles. The van der Waals surface area contributed by atoms with Crippen LogP contribution in [0.1, 0.15) is 24.8 Å². The van der Waals surface area contributed by atoms with E-state index in [9.17, 15) is 4.79 Å². The summed E-state index contributed by atoms with van der Waals surface area (Å²) in [6.45, 7) is 4.07. The molecule has 114 valence electrons. The number of nitrogens with one attached hydrogen (secondary N) is 1. The normalized spacial score (nSPS) is 20.7. The second kappa shape index (κ2) is 6.06. The number of carbonyl (C=O) groups excluding carboxylic acids is 1. The van der Waals surface area contributed by atoms with Crippen LogP contribution >= 0.6 is 0 Å². The van der Waals surface area contributed by atoms with Gasteiger partial charge in [-0.05, 0) is 55.5 Å². The number of methoxy groups -OCH3 is 1. The van der Waals surface area contributed by atoms with Crippen LogP contribution in [0.25, 0.3) is 0 Å². The minimum Gasteiger partial charge on any atom is -0.497 e. The van der Waals surface area contributed by atoms with Crippen LogP contribution in [0.3, 0.4) is 0 Å². The van der Waals surface area contributed by atoms with Crippen LogP contribution in [-0.4, -0.2) is 44.1 Å². The van der Waals surface area contributed by atoms with Gasteiger partial charge in [-0.3, -0.25) is 4.79 Å². The molecule has 0 aliphatic carbocycles. The summed E-state index contributed by atoms with van der Waals surface area (Å²) in [5.74, 6) is 1.09. The Bertz CT molecular complexity index is 492. The first-order valence-electron chi connectivity index (χ1n) is 7.82. The smallest absolute Gasteiger partial charge is 0.227 e. The molecule has 1 aromatic rings. The van der Waals surface area contributed by atoms with Crippen LogP contribution in [0.4, 0.5) is 0 Å². The van der Waals surface area contributed by atoms with Gasteiger partial charge in [-0.25, -0.2) is 0 Å². The molecule has 2 fully saturated rings. The van der Waals surface area contributed by atoms with Crippen molar-refractivity contribution >= 4 is 5.91 Å². The first-order chi connectivity index (χ1) is 10.2. The van der Waals surface area contributed by atoms with Gasteiger partial charge in [0, 0.05) is 13.1 Å². The van der Waals surface area contributed by atoms with E-state index in [1.54, 1.807) is 7.11 Å². The molecule has 1 spiro atoms. The van der Waals surface area contributed by atoms with E-state index >= 15 is 0 Å². The largest absolute Gasteiger partial charge is 0.497 e. The maximum Gasteiger partial charge on any atom is 0.227 e. The second-order valence-electron chi connectivity index (χ2n) is 6.34. The van der Waals surface area contributed by atoms with Crippen molar-refractivity contribution in [1.29, 1.82) is 0 Å². The monoisotopic (exact) mass is 288 g/mol. The lowest BCUT2D eigenvalue weighted by Crippen LogP contribution is -2.40. The zero-order valence-corrected chi connectivity index (χ0v) is 12.7. The van der Waals surface area contributed by atoms with E-state index in [2.05, 4.69) is 10.2 Å². The number of hydrogen-bond donors (Lipinski definition) is 1. The molecule has 0 aromatic heterocycles. The average molecular weight is 288 g/mol. The lowest BCUT2D eigenvalue weighted by atomic mass is 9.78. The summed E-state index contributed by atoms with van der Waals surface area (Å²) in [7, 11) is 1.66. The predicted octanol–water partition coefficient (Wildman–Crippen LogP) is 1.84. The van der Waals surface area contributed by atoms with Gasteiger partial charge < -0.3 is 15.0 Å². The molecule has 2 heterocycles. The van der Waals surface area contributed by atoms with Gasteiger partial charge in [0.15, 0.2) is 0 Å². The van der Waals surface area contributed by atoms with Crippen molar-refractivity contribution in [2.24, 2.45) is 5.41 Å². The molecule has 0 atom stereocenters.